The molecule has 0 saturated heterocycles. The minimum atomic E-state index is -0.563. The van der Waals surface area contributed by atoms with Gasteiger partial charge in [0.15, 0.2) is 6.61 Å². The van der Waals surface area contributed by atoms with Crippen molar-refractivity contribution in [2.24, 2.45) is 0 Å². The number of hydrogen-bond donors (Lipinski definition) is 1. The first-order valence-corrected chi connectivity index (χ1v) is 8.93. The Kier molecular flexibility index (Phi) is 6.64. The van der Waals surface area contributed by atoms with Crippen LogP contribution >= 0.6 is 11.8 Å². The lowest BCUT2D eigenvalue weighted by Gasteiger charge is -2.23. The molecule has 0 spiro atoms. The quantitative estimate of drug-likeness (QED) is 0.596. The molecule has 0 bridgehead atoms. The molecule has 0 aromatic heterocycles. The molecule has 1 heterocycles. The van der Waals surface area contributed by atoms with E-state index in [1.807, 2.05) is 38.1 Å². The Morgan fingerprint density at radius 3 is 2.76 bits per heavy atom. The molecule has 0 aliphatic carbocycles. The van der Waals surface area contributed by atoms with Crippen LogP contribution in [0, 0.1) is 0 Å². The Bertz CT molecular complexity index is 689. The standard InChI is InChI=1S/C18H22N2O4S/c1-4-20(10-12(2)3)16(21)11-24-17(22)9-15-18(23)19-13-7-5-6-8-14(13)25-15/h5-8,15H,2,4,9-11H2,1,3H3,(H,19,23)/t15-/m0/s1. The number of carbonyl (C=O) groups excluding carboxylic acids is 3. The van der Waals surface area contributed by atoms with Gasteiger partial charge in [0, 0.05) is 18.0 Å². The summed E-state index contributed by atoms with van der Waals surface area (Å²) in [6.07, 6.45) is -0.0786. The Hall–Kier alpha value is -2.28. The summed E-state index contributed by atoms with van der Waals surface area (Å²) in [4.78, 5) is 38.6. The van der Waals surface area contributed by atoms with E-state index < -0.39 is 11.2 Å². The summed E-state index contributed by atoms with van der Waals surface area (Å²) in [5.74, 6) is -1.07. The number of nitrogens with zero attached hydrogens (tertiary/aromatic N) is 1. The fourth-order valence-electron chi connectivity index (χ4n) is 2.37. The molecule has 6 nitrogen and oxygen atoms in total. The van der Waals surface area contributed by atoms with Crippen molar-refractivity contribution in [1.29, 1.82) is 0 Å². The predicted molar refractivity (Wildman–Crippen MR) is 97.4 cm³/mol. The van der Waals surface area contributed by atoms with E-state index in [2.05, 4.69) is 11.9 Å². The summed E-state index contributed by atoms with van der Waals surface area (Å²) in [7, 11) is 0. The van der Waals surface area contributed by atoms with Crippen LogP contribution in [0.2, 0.25) is 0 Å². The van der Waals surface area contributed by atoms with E-state index in [1.54, 1.807) is 4.90 Å². The van der Waals surface area contributed by atoms with Gasteiger partial charge in [-0.25, -0.2) is 0 Å². The highest BCUT2D eigenvalue weighted by Crippen LogP contribution is 2.36. The van der Waals surface area contributed by atoms with Gasteiger partial charge in [0.25, 0.3) is 5.91 Å². The third kappa shape index (κ3) is 5.35. The number of fused-ring (bicyclic) bond motifs is 1. The molecule has 0 unspecified atom stereocenters. The number of para-hydroxylation sites is 1. The minimum absolute atomic E-state index is 0.0786. The average molecular weight is 362 g/mol. The molecule has 2 amide bonds. The monoisotopic (exact) mass is 362 g/mol. The third-order valence-electron chi connectivity index (χ3n) is 3.61. The van der Waals surface area contributed by atoms with Crippen molar-refractivity contribution in [1.82, 2.24) is 4.90 Å². The predicted octanol–water partition coefficient (Wildman–Crippen LogP) is 2.46. The second kappa shape index (κ2) is 8.71. The van der Waals surface area contributed by atoms with Gasteiger partial charge in [-0.1, -0.05) is 24.3 Å². The maximum atomic E-state index is 12.1. The summed E-state index contributed by atoms with van der Waals surface area (Å²) >= 11 is 1.33. The van der Waals surface area contributed by atoms with Gasteiger partial charge in [-0.15, -0.1) is 11.8 Å². The smallest absolute Gasteiger partial charge is 0.307 e. The van der Waals surface area contributed by atoms with Gasteiger partial charge < -0.3 is 15.0 Å². The molecule has 134 valence electrons. The van der Waals surface area contributed by atoms with Crippen LogP contribution in [0.1, 0.15) is 20.3 Å². The lowest BCUT2D eigenvalue weighted by Crippen LogP contribution is -2.36. The number of benzene rings is 1. The number of amides is 2. The molecule has 1 aliphatic heterocycles. The Labute approximate surface area is 151 Å². The van der Waals surface area contributed by atoms with Gasteiger partial charge in [-0.3, -0.25) is 14.4 Å². The number of hydrogen-bond acceptors (Lipinski definition) is 5. The van der Waals surface area contributed by atoms with Crippen molar-refractivity contribution in [3.8, 4) is 0 Å². The van der Waals surface area contributed by atoms with Crippen LogP contribution in [0.25, 0.3) is 0 Å². The molecule has 1 atom stereocenters. The second-order valence-corrected chi connectivity index (χ2v) is 7.07. The molecular formula is C18H22N2O4S. The summed E-state index contributed by atoms with van der Waals surface area (Å²) < 4.78 is 5.05. The van der Waals surface area contributed by atoms with Gasteiger partial charge >= 0.3 is 5.97 Å². The number of anilines is 1. The maximum Gasteiger partial charge on any atom is 0.307 e. The largest absolute Gasteiger partial charge is 0.456 e. The molecule has 2 rings (SSSR count). The van der Waals surface area contributed by atoms with E-state index in [1.165, 1.54) is 11.8 Å². The summed E-state index contributed by atoms with van der Waals surface area (Å²) in [6.45, 7) is 8.08. The van der Waals surface area contributed by atoms with E-state index in [-0.39, 0.29) is 24.8 Å². The number of likely N-dealkylation sites (N-methyl/N-ethyl adjacent to an activating group) is 1. The van der Waals surface area contributed by atoms with Crippen molar-refractivity contribution < 1.29 is 19.1 Å². The molecule has 1 aromatic rings. The Morgan fingerprint density at radius 1 is 1.36 bits per heavy atom. The van der Waals surface area contributed by atoms with Crippen molar-refractivity contribution in [3.05, 3.63) is 36.4 Å². The highest BCUT2D eigenvalue weighted by Gasteiger charge is 2.29. The lowest BCUT2D eigenvalue weighted by atomic mass is 10.2. The zero-order valence-electron chi connectivity index (χ0n) is 14.4. The zero-order valence-corrected chi connectivity index (χ0v) is 15.2. The molecule has 1 N–H and O–H groups in total. The first kappa shape index (κ1) is 19.1. The highest BCUT2D eigenvalue weighted by atomic mass is 32.2. The molecule has 0 saturated carbocycles. The van der Waals surface area contributed by atoms with Gasteiger partial charge in [-0.2, -0.15) is 0 Å². The Morgan fingerprint density at radius 2 is 2.08 bits per heavy atom. The Balaban J connectivity index is 1.85. The summed E-state index contributed by atoms with van der Waals surface area (Å²) in [5, 5.41) is 2.22. The van der Waals surface area contributed by atoms with Crippen LogP contribution in [-0.2, 0) is 19.1 Å². The van der Waals surface area contributed by atoms with Gasteiger partial charge in [0.2, 0.25) is 5.91 Å². The van der Waals surface area contributed by atoms with E-state index in [0.29, 0.717) is 13.1 Å². The fourth-order valence-corrected chi connectivity index (χ4v) is 3.47. The van der Waals surface area contributed by atoms with E-state index in [9.17, 15) is 14.4 Å². The highest BCUT2D eigenvalue weighted by molar-refractivity contribution is 8.01. The number of thioether (sulfide) groups is 1. The minimum Gasteiger partial charge on any atom is -0.456 e. The maximum absolute atomic E-state index is 12.1. The fraction of sp³-hybridized carbons (Fsp3) is 0.389. The van der Waals surface area contributed by atoms with Crippen molar-refractivity contribution >= 4 is 35.2 Å². The van der Waals surface area contributed by atoms with Crippen LogP contribution < -0.4 is 5.32 Å². The van der Waals surface area contributed by atoms with Gasteiger partial charge in [-0.05, 0) is 26.0 Å². The zero-order chi connectivity index (χ0) is 18.4. The van der Waals surface area contributed by atoms with Crippen molar-refractivity contribution in [2.45, 2.75) is 30.4 Å². The molecule has 1 aromatic carbocycles. The van der Waals surface area contributed by atoms with Crippen LogP contribution in [0.15, 0.2) is 41.3 Å². The number of ether oxygens (including phenoxy) is 1. The van der Waals surface area contributed by atoms with E-state index in [0.717, 1.165) is 16.2 Å². The third-order valence-corrected chi connectivity index (χ3v) is 4.89. The van der Waals surface area contributed by atoms with Crippen LogP contribution in [0.4, 0.5) is 5.69 Å². The second-order valence-electron chi connectivity index (χ2n) is 5.82. The van der Waals surface area contributed by atoms with Gasteiger partial charge in [0.05, 0.1) is 17.4 Å². The first-order valence-electron chi connectivity index (χ1n) is 8.05. The summed E-state index contributed by atoms with van der Waals surface area (Å²) in [5.41, 5.74) is 1.60. The molecule has 25 heavy (non-hydrogen) atoms. The van der Waals surface area contributed by atoms with Crippen LogP contribution in [0.5, 0.6) is 0 Å². The van der Waals surface area contributed by atoms with E-state index >= 15 is 0 Å². The van der Waals surface area contributed by atoms with Crippen LogP contribution in [0.3, 0.4) is 0 Å². The normalized spacial score (nSPS) is 15.8. The molecule has 0 fully saturated rings. The average Bonchev–Trinajstić information content (AvgIpc) is 2.58. The first-order chi connectivity index (χ1) is 11.9. The number of esters is 1. The number of carbonyl (C=O) groups is 3. The van der Waals surface area contributed by atoms with Crippen molar-refractivity contribution in [3.63, 3.8) is 0 Å². The van der Waals surface area contributed by atoms with Gasteiger partial charge in [0.1, 0.15) is 0 Å². The van der Waals surface area contributed by atoms with E-state index in [4.69, 9.17) is 4.74 Å². The number of rotatable bonds is 7. The molecule has 7 heteroatoms. The molecule has 0 radical (unpaired) electrons. The van der Waals surface area contributed by atoms with Crippen molar-refractivity contribution in [2.75, 3.05) is 25.0 Å². The SMILES string of the molecule is C=C(C)CN(CC)C(=O)COC(=O)C[C@@H]1Sc2ccccc2NC1=O. The summed E-state index contributed by atoms with van der Waals surface area (Å²) in [6, 6.07) is 7.41. The number of nitrogens with one attached hydrogen (secondary N) is 1. The molecular weight excluding hydrogens is 340 g/mol. The molecule has 1 aliphatic rings. The van der Waals surface area contributed by atoms with Crippen LogP contribution in [-0.4, -0.2) is 47.6 Å². The topological polar surface area (TPSA) is 75.7 Å². The lowest BCUT2D eigenvalue weighted by molar-refractivity contribution is -0.152.